The Hall–Kier alpha value is -2.27. The van der Waals surface area contributed by atoms with Crippen molar-refractivity contribution in [2.45, 2.75) is 30.8 Å². The minimum atomic E-state index is -0.00894. The highest BCUT2D eigenvalue weighted by atomic mass is 32.2. The maximum atomic E-state index is 12.3. The molecule has 0 radical (unpaired) electrons. The van der Waals surface area contributed by atoms with Crippen LogP contribution in [0.5, 0.6) is 0 Å². The molecule has 5 heteroatoms. The van der Waals surface area contributed by atoms with Crippen molar-refractivity contribution in [1.82, 2.24) is 10.2 Å². The molecule has 0 aromatic heterocycles. The van der Waals surface area contributed by atoms with Crippen molar-refractivity contribution in [1.29, 1.82) is 0 Å². The fourth-order valence-corrected chi connectivity index (χ4v) is 4.16. The maximum Gasteiger partial charge on any atom is 0.251 e. The van der Waals surface area contributed by atoms with E-state index in [-0.39, 0.29) is 17.2 Å². The van der Waals surface area contributed by atoms with Gasteiger partial charge >= 0.3 is 0 Å². The van der Waals surface area contributed by atoms with Gasteiger partial charge in [-0.1, -0.05) is 42.5 Å². The first-order valence-corrected chi connectivity index (χ1v) is 9.61. The van der Waals surface area contributed by atoms with Crippen LogP contribution in [0.15, 0.2) is 54.6 Å². The van der Waals surface area contributed by atoms with E-state index in [4.69, 9.17) is 0 Å². The summed E-state index contributed by atoms with van der Waals surface area (Å²) in [7, 11) is 0. The topological polar surface area (TPSA) is 49.4 Å². The number of amides is 2. The second kappa shape index (κ2) is 6.92. The Labute approximate surface area is 151 Å². The van der Waals surface area contributed by atoms with Gasteiger partial charge in [0.15, 0.2) is 0 Å². The van der Waals surface area contributed by atoms with Gasteiger partial charge in [-0.25, -0.2) is 0 Å². The highest BCUT2D eigenvalue weighted by molar-refractivity contribution is 8.00. The predicted octanol–water partition coefficient (Wildman–Crippen LogP) is 3.35. The lowest BCUT2D eigenvalue weighted by molar-refractivity contribution is -0.128. The number of benzene rings is 2. The van der Waals surface area contributed by atoms with Gasteiger partial charge in [0, 0.05) is 18.2 Å². The van der Waals surface area contributed by atoms with Gasteiger partial charge in [0.05, 0.1) is 5.75 Å². The van der Waals surface area contributed by atoms with Crippen molar-refractivity contribution in [3.8, 4) is 0 Å². The van der Waals surface area contributed by atoms with Crippen molar-refractivity contribution in [2.24, 2.45) is 0 Å². The molecule has 1 atom stereocenters. The number of thioether (sulfide) groups is 1. The molecular weight excluding hydrogens is 332 g/mol. The first-order valence-electron chi connectivity index (χ1n) is 8.56. The largest absolute Gasteiger partial charge is 0.349 e. The van der Waals surface area contributed by atoms with E-state index in [1.165, 1.54) is 0 Å². The lowest BCUT2D eigenvalue weighted by Crippen LogP contribution is -2.28. The zero-order valence-electron chi connectivity index (χ0n) is 13.9. The van der Waals surface area contributed by atoms with E-state index < -0.39 is 0 Å². The van der Waals surface area contributed by atoms with E-state index >= 15 is 0 Å². The van der Waals surface area contributed by atoms with Crippen molar-refractivity contribution in [3.63, 3.8) is 0 Å². The number of hydrogen-bond donors (Lipinski definition) is 1. The zero-order valence-corrected chi connectivity index (χ0v) is 14.7. The average molecular weight is 352 g/mol. The van der Waals surface area contributed by atoms with Crippen LogP contribution in [0.3, 0.4) is 0 Å². The van der Waals surface area contributed by atoms with Gasteiger partial charge in [-0.05, 0) is 36.1 Å². The molecule has 2 aromatic rings. The number of nitrogens with one attached hydrogen (secondary N) is 1. The second-order valence-electron chi connectivity index (χ2n) is 6.54. The lowest BCUT2D eigenvalue weighted by Gasteiger charge is -2.24. The molecule has 0 unspecified atom stereocenters. The van der Waals surface area contributed by atoms with Gasteiger partial charge in [0.25, 0.3) is 5.91 Å². The monoisotopic (exact) mass is 352 g/mol. The van der Waals surface area contributed by atoms with E-state index in [9.17, 15) is 9.59 Å². The number of nitrogens with zero attached hydrogens (tertiary/aromatic N) is 1. The summed E-state index contributed by atoms with van der Waals surface area (Å²) >= 11 is 1.64. The molecule has 2 amide bonds. The predicted molar refractivity (Wildman–Crippen MR) is 99.1 cm³/mol. The molecule has 25 heavy (non-hydrogen) atoms. The van der Waals surface area contributed by atoms with Crippen LogP contribution in [-0.4, -0.2) is 28.5 Å². The van der Waals surface area contributed by atoms with Gasteiger partial charge in [0.1, 0.15) is 5.37 Å². The van der Waals surface area contributed by atoms with Crippen molar-refractivity contribution >= 4 is 23.6 Å². The third kappa shape index (κ3) is 3.71. The van der Waals surface area contributed by atoms with Crippen LogP contribution in [0.4, 0.5) is 0 Å². The molecule has 2 aliphatic rings. The van der Waals surface area contributed by atoms with Crippen LogP contribution in [0, 0.1) is 0 Å². The summed E-state index contributed by atoms with van der Waals surface area (Å²) in [5, 5.41) is 3.01. The minimum absolute atomic E-state index is 0.00764. The molecule has 4 rings (SSSR count). The van der Waals surface area contributed by atoms with Crippen LogP contribution < -0.4 is 5.32 Å². The maximum absolute atomic E-state index is 12.3. The highest BCUT2D eigenvalue weighted by Crippen LogP contribution is 2.39. The Kier molecular flexibility index (Phi) is 4.49. The smallest absolute Gasteiger partial charge is 0.251 e. The Bertz CT molecular complexity index is 772. The Morgan fingerprint density at radius 2 is 1.80 bits per heavy atom. The van der Waals surface area contributed by atoms with Gasteiger partial charge in [-0.3, -0.25) is 9.59 Å². The molecule has 1 saturated heterocycles. The van der Waals surface area contributed by atoms with Crippen LogP contribution >= 0.6 is 11.8 Å². The average Bonchev–Trinajstić information content (AvgIpc) is 3.39. The van der Waals surface area contributed by atoms with Crippen molar-refractivity contribution in [2.75, 3.05) is 5.75 Å². The van der Waals surface area contributed by atoms with Crippen LogP contribution in [0.1, 0.15) is 39.7 Å². The summed E-state index contributed by atoms with van der Waals surface area (Å²) in [6.07, 6.45) is 2.16. The normalized spacial score (nSPS) is 19.9. The minimum Gasteiger partial charge on any atom is -0.349 e. The van der Waals surface area contributed by atoms with Gasteiger partial charge < -0.3 is 10.2 Å². The molecule has 1 heterocycles. The number of carbonyl (C=O) groups is 2. The van der Waals surface area contributed by atoms with Crippen molar-refractivity contribution in [3.05, 3.63) is 71.3 Å². The molecule has 2 fully saturated rings. The van der Waals surface area contributed by atoms with Crippen LogP contribution in [0.25, 0.3) is 0 Å². The summed E-state index contributed by atoms with van der Waals surface area (Å²) in [4.78, 5) is 26.3. The summed E-state index contributed by atoms with van der Waals surface area (Å²) < 4.78 is 0. The lowest BCUT2D eigenvalue weighted by atomic mass is 10.1. The van der Waals surface area contributed by atoms with E-state index in [0.717, 1.165) is 24.0 Å². The quantitative estimate of drug-likeness (QED) is 0.898. The number of carbonyl (C=O) groups excluding carboxylic acids is 2. The molecular formula is C20H20N2O2S. The Morgan fingerprint density at radius 3 is 2.48 bits per heavy atom. The third-order valence-electron chi connectivity index (χ3n) is 4.53. The van der Waals surface area contributed by atoms with E-state index in [1.54, 1.807) is 11.8 Å². The number of hydrogen-bond acceptors (Lipinski definition) is 3. The van der Waals surface area contributed by atoms with Gasteiger partial charge in [0.2, 0.25) is 5.91 Å². The fourth-order valence-electron chi connectivity index (χ4n) is 2.98. The SMILES string of the molecule is O=C(NC1CC1)c1ccc([C@@H]2SCC(=O)N2Cc2ccccc2)cc1. The van der Waals surface area contributed by atoms with Crippen LogP contribution in [0.2, 0.25) is 0 Å². The standard InChI is InChI=1S/C20H20N2O2S/c23-18-13-25-20(22(18)12-14-4-2-1-3-5-14)16-8-6-15(7-9-16)19(24)21-17-10-11-17/h1-9,17,20H,10-13H2,(H,21,24)/t20-/m0/s1. The first kappa shape index (κ1) is 16.2. The molecule has 128 valence electrons. The highest BCUT2D eigenvalue weighted by Gasteiger charge is 2.32. The summed E-state index contributed by atoms with van der Waals surface area (Å²) in [6.45, 7) is 0.612. The molecule has 0 spiro atoms. The van der Waals surface area contributed by atoms with Crippen LogP contribution in [-0.2, 0) is 11.3 Å². The molecule has 1 saturated carbocycles. The molecule has 0 bridgehead atoms. The fraction of sp³-hybridized carbons (Fsp3) is 0.300. The van der Waals surface area contributed by atoms with E-state index in [0.29, 0.717) is 23.9 Å². The Morgan fingerprint density at radius 1 is 1.08 bits per heavy atom. The Balaban J connectivity index is 1.49. The zero-order chi connectivity index (χ0) is 17.2. The summed E-state index contributed by atoms with van der Waals surface area (Å²) in [5.74, 6) is 0.654. The molecule has 2 aromatic carbocycles. The first-order chi connectivity index (χ1) is 12.2. The molecule has 4 nitrogen and oxygen atoms in total. The van der Waals surface area contributed by atoms with E-state index in [1.807, 2.05) is 59.5 Å². The van der Waals surface area contributed by atoms with Crippen molar-refractivity contribution < 1.29 is 9.59 Å². The summed E-state index contributed by atoms with van der Waals surface area (Å²) in [5.41, 5.74) is 2.87. The summed E-state index contributed by atoms with van der Waals surface area (Å²) in [6, 6.07) is 18.1. The third-order valence-corrected chi connectivity index (χ3v) is 5.79. The second-order valence-corrected chi connectivity index (χ2v) is 7.61. The van der Waals surface area contributed by atoms with E-state index in [2.05, 4.69) is 5.32 Å². The molecule has 1 aliphatic carbocycles. The van der Waals surface area contributed by atoms with Gasteiger partial charge in [-0.2, -0.15) is 0 Å². The van der Waals surface area contributed by atoms with Gasteiger partial charge in [-0.15, -0.1) is 11.8 Å². The molecule has 1 aliphatic heterocycles. The number of rotatable bonds is 5. The molecule has 1 N–H and O–H groups in total.